The van der Waals surface area contributed by atoms with Gasteiger partial charge in [0.15, 0.2) is 5.96 Å². The van der Waals surface area contributed by atoms with E-state index in [1.807, 2.05) is 0 Å². The normalized spacial score (nSPS) is 12.3. The molecule has 0 aromatic carbocycles. The molecule has 18 heavy (non-hydrogen) atoms. The Morgan fingerprint density at radius 3 is 2.44 bits per heavy atom. The van der Waals surface area contributed by atoms with E-state index in [9.17, 15) is 0 Å². The molecule has 0 spiro atoms. The van der Waals surface area contributed by atoms with Crippen molar-refractivity contribution >= 4 is 5.96 Å². The summed E-state index contributed by atoms with van der Waals surface area (Å²) in [6, 6.07) is 0. The lowest BCUT2D eigenvalue weighted by Gasteiger charge is -2.12. The summed E-state index contributed by atoms with van der Waals surface area (Å²) in [4.78, 5) is 6.76. The van der Waals surface area contributed by atoms with Gasteiger partial charge in [-0.05, 0) is 52.7 Å². The van der Waals surface area contributed by atoms with Crippen LogP contribution in [0.5, 0.6) is 0 Å². The number of hydrogen-bond donors (Lipinski definition) is 2. The van der Waals surface area contributed by atoms with Crippen LogP contribution in [0.1, 0.15) is 40.0 Å². The molecule has 0 fully saturated rings. The summed E-state index contributed by atoms with van der Waals surface area (Å²) in [6.07, 6.45) is 3.59. The second kappa shape index (κ2) is 11.3. The fraction of sp³-hybridized carbons (Fsp3) is 0.929. The van der Waals surface area contributed by atoms with Crippen LogP contribution in [0.25, 0.3) is 0 Å². The number of nitrogens with zero attached hydrogens (tertiary/aromatic N) is 2. The number of hydrogen-bond acceptors (Lipinski definition) is 2. The Labute approximate surface area is 113 Å². The monoisotopic (exact) mass is 256 g/mol. The molecule has 0 rings (SSSR count). The van der Waals surface area contributed by atoms with E-state index >= 15 is 0 Å². The summed E-state index contributed by atoms with van der Waals surface area (Å²) in [7, 11) is 4.19. The Morgan fingerprint density at radius 2 is 1.89 bits per heavy atom. The third-order valence-corrected chi connectivity index (χ3v) is 2.63. The van der Waals surface area contributed by atoms with Crippen molar-refractivity contribution in [3.05, 3.63) is 0 Å². The average molecular weight is 256 g/mol. The maximum absolute atomic E-state index is 4.57. The van der Waals surface area contributed by atoms with Crippen molar-refractivity contribution in [1.82, 2.24) is 15.5 Å². The van der Waals surface area contributed by atoms with Crippen LogP contribution in [0.4, 0.5) is 0 Å². The lowest BCUT2D eigenvalue weighted by Crippen LogP contribution is -2.38. The molecule has 0 aliphatic carbocycles. The molecule has 0 aromatic heterocycles. The van der Waals surface area contributed by atoms with Gasteiger partial charge in [-0.3, -0.25) is 4.99 Å². The van der Waals surface area contributed by atoms with Gasteiger partial charge in [-0.1, -0.05) is 13.8 Å². The van der Waals surface area contributed by atoms with Crippen molar-refractivity contribution in [2.45, 2.75) is 40.0 Å². The van der Waals surface area contributed by atoms with E-state index in [1.54, 1.807) is 0 Å². The van der Waals surface area contributed by atoms with Crippen molar-refractivity contribution < 1.29 is 0 Å². The van der Waals surface area contributed by atoms with E-state index < -0.39 is 0 Å². The van der Waals surface area contributed by atoms with Crippen molar-refractivity contribution in [1.29, 1.82) is 0 Å². The fourth-order valence-electron chi connectivity index (χ4n) is 1.64. The standard InChI is InChI=1S/C14H32N4/c1-6-15-14(16-10-7-9-13(2)3)17-11-8-12-18(4)5/h13H,6-12H2,1-5H3,(H2,15,16,17). The van der Waals surface area contributed by atoms with E-state index in [0.29, 0.717) is 0 Å². The smallest absolute Gasteiger partial charge is 0.191 e. The summed E-state index contributed by atoms with van der Waals surface area (Å²) in [5, 5.41) is 6.67. The van der Waals surface area contributed by atoms with E-state index in [1.165, 1.54) is 12.8 Å². The first-order valence-electron chi connectivity index (χ1n) is 7.23. The van der Waals surface area contributed by atoms with Crippen LogP contribution in [0.15, 0.2) is 4.99 Å². The van der Waals surface area contributed by atoms with E-state index in [0.717, 1.165) is 44.5 Å². The maximum Gasteiger partial charge on any atom is 0.191 e. The van der Waals surface area contributed by atoms with Crippen LogP contribution in [-0.2, 0) is 0 Å². The second-order valence-electron chi connectivity index (χ2n) is 5.38. The first kappa shape index (κ1) is 17.2. The molecule has 0 aromatic rings. The molecule has 0 radical (unpaired) electrons. The van der Waals surface area contributed by atoms with Gasteiger partial charge in [0.2, 0.25) is 0 Å². The zero-order valence-corrected chi connectivity index (χ0v) is 12.9. The molecule has 0 aliphatic heterocycles. The summed E-state index contributed by atoms with van der Waals surface area (Å²) < 4.78 is 0. The minimum Gasteiger partial charge on any atom is -0.357 e. The molecular formula is C14H32N4. The van der Waals surface area contributed by atoms with Gasteiger partial charge in [-0.25, -0.2) is 0 Å². The van der Waals surface area contributed by atoms with Crippen LogP contribution in [0.2, 0.25) is 0 Å². The summed E-state index contributed by atoms with van der Waals surface area (Å²) in [6.45, 7) is 10.5. The highest BCUT2D eigenvalue weighted by atomic mass is 15.2. The lowest BCUT2D eigenvalue weighted by atomic mass is 10.1. The third kappa shape index (κ3) is 11.7. The maximum atomic E-state index is 4.57. The lowest BCUT2D eigenvalue weighted by molar-refractivity contribution is 0.403. The first-order chi connectivity index (χ1) is 8.56. The molecule has 0 saturated carbocycles. The highest BCUT2D eigenvalue weighted by Gasteiger charge is 1.98. The van der Waals surface area contributed by atoms with E-state index in [-0.39, 0.29) is 0 Å². The van der Waals surface area contributed by atoms with Gasteiger partial charge < -0.3 is 15.5 Å². The van der Waals surface area contributed by atoms with E-state index in [4.69, 9.17) is 0 Å². The number of aliphatic imine (C=N–C) groups is 1. The molecule has 0 bridgehead atoms. The fourth-order valence-corrected chi connectivity index (χ4v) is 1.64. The summed E-state index contributed by atoms with van der Waals surface area (Å²) in [5.41, 5.74) is 0. The van der Waals surface area contributed by atoms with Gasteiger partial charge in [-0.2, -0.15) is 0 Å². The van der Waals surface area contributed by atoms with Gasteiger partial charge in [0.05, 0.1) is 0 Å². The van der Waals surface area contributed by atoms with Crippen molar-refractivity contribution in [2.75, 3.05) is 40.3 Å². The van der Waals surface area contributed by atoms with Crippen molar-refractivity contribution in [3.8, 4) is 0 Å². The Bertz CT molecular complexity index is 212. The third-order valence-electron chi connectivity index (χ3n) is 2.63. The summed E-state index contributed by atoms with van der Waals surface area (Å²) >= 11 is 0. The molecule has 2 N–H and O–H groups in total. The van der Waals surface area contributed by atoms with E-state index in [2.05, 4.69) is 55.4 Å². The van der Waals surface area contributed by atoms with Crippen LogP contribution in [0, 0.1) is 5.92 Å². The molecule has 4 heteroatoms. The second-order valence-corrected chi connectivity index (χ2v) is 5.38. The first-order valence-corrected chi connectivity index (χ1v) is 7.23. The number of nitrogens with one attached hydrogen (secondary N) is 2. The van der Waals surface area contributed by atoms with Gasteiger partial charge in [-0.15, -0.1) is 0 Å². The number of rotatable bonds is 9. The molecule has 0 unspecified atom stereocenters. The minimum atomic E-state index is 0.784. The molecule has 0 amide bonds. The van der Waals surface area contributed by atoms with Gasteiger partial charge in [0, 0.05) is 19.6 Å². The molecular weight excluding hydrogens is 224 g/mol. The molecule has 0 saturated heterocycles. The average Bonchev–Trinajstić information content (AvgIpc) is 2.29. The van der Waals surface area contributed by atoms with Crippen LogP contribution < -0.4 is 10.6 Å². The molecule has 108 valence electrons. The quantitative estimate of drug-likeness (QED) is 0.376. The highest BCUT2D eigenvalue weighted by molar-refractivity contribution is 5.79. The van der Waals surface area contributed by atoms with Gasteiger partial charge in [0.25, 0.3) is 0 Å². The Balaban J connectivity index is 3.78. The van der Waals surface area contributed by atoms with Crippen LogP contribution in [0.3, 0.4) is 0 Å². The van der Waals surface area contributed by atoms with Crippen LogP contribution >= 0.6 is 0 Å². The number of guanidine groups is 1. The summed E-state index contributed by atoms with van der Waals surface area (Å²) in [5.74, 6) is 1.74. The van der Waals surface area contributed by atoms with Gasteiger partial charge >= 0.3 is 0 Å². The Kier molecular flexibility index (Phi) is 10.8. The Morgan fingerprint density at radius 1 is 1.17 bits per heavy atom. The topological polar surface area (TPSA) is 39.7 Å². The van der Waals surface area contributed by atoms with Crippen molar-refractivity contribution in [2.24, 2.45) is 10.9 Å². The minimum absolute atomic E-state index is 0.784. The molecule has 4 nitrogen and oxygen atoms in total. The van der Waals surface area contributed by atoms with Gasteiger partial charge in [0.1, 0.15) is 0 Å². The van der Waals surface area contributed by atoms with Crippen molar-refractivity contribution in [3.63, 3.8) is 0 Å². The predicted molar refractivity (Wildman–Crippen MR) is 81.2 cm³/mol. The highest BCUT2D eigenvalue weighted by Crippen LogP contribution is 2.01. The zero-order chi connectivity index (χ0) is 13.8. The van der Waals surface area contributed by atoms with Crippen LogP contribution in [-0.4, -0.2) is 51.1 Å². The largest absolute Gasteiger partial charge is 0.357 e. The zero-order valence-electron chi connectivity index (χ0n) is 12.9. The SMILES string of the molecule is CCNC(=NCCCN(C)C)NCCCC(C)C. The molecule has 0 aliphatic rings. The molecule has 0 heterocycles. The molecule has 0 atom stereocenters. The predicted octanol–water partition coefficient (Wildman–Crippen LogP) is 1.93. The Hall–Kier alpha value is -0.770.